The molecule has 0 radical (unpaired) electrons. The molecule has 2 rings (SSSR count). The number of benzene rings is 1. The van der Waals surface area contributed by atoms with Gasteiger partial charge >= 0.3 is 17.8 Å². The van der Waals surface area contributed by atoms with Crippen LogP contribution in [0.15, 0.2) is 24.3 Å². The summed E-state index contributed by atoms with van der Waals surface area (Å²) in [6, 6.07) is 5.86. The van der Waals surface area contributed by atoms with Gasteiger partial charge in [0.05, 0.1) is 6.54 Å². The van der Waals surface area contributed by atoms with Crippen molar-refractivity contribution in [3.8, 4) is 0 Å². The molecule has 0 atom stereocenters. The van der Waals surface area contributed by atoms with Gasteiger partial charge in [-0.25, -0.2) is 4.79 Å². The molecule has 5 nitrogen and oxygen atoms in total. The largest absolute Gasteiger partial charge is 0.334 e. The molecule has 6 heteroatoms. The monoisotopic (exact) mass is 280 g/mol. The molecule has 1 fully saturated rings. The predicted molar refractivity (Wildman–Crippen MR) is 69.4 cm³/mol. The van der Waals surface area contributed by atoms with Crippen molar-refractivity contribution in [1.82, 2.24) is 9.80 Å². The van der Waals surface area contributed by atoms with E-state index in [9.17, 15) is 14.4 Å². The minimum atomic E-state index is -0.784. The molecule has 1 aromatic rings. The number of halogens is 1. The molecule has 1 aliphatic heterocycles. The smallest absolute Gasteiger partial charge is 0.263 e. The first-order chi connectivity index (χ1) is 8.91. The van der Waals surface area contributed by atoms with Crippen LogP contribution in [0.3, 0.4) is 0 Å². The third-order valence-corrected chi connectivity index (χ3v) is 3.11. The number of hydrogen-bond acceptors (Lipinski definition) is 3. The highest BCUT2D eigenvalue weighted by Crippen LogP contribution is 2.19. The predicted octanol–water partition coefficient (Wildman–Crippen LogP) is 2.04. The number of rotatable bonds is 3. The summed E-state index contributed by atoms with van der Waals surface area (Å²) < 4.78 is 0. The summed E-state index contributed by atoms with van der Waals surface area (Å²) in [6.07, 6.45) is 0. The lowest BCUT2D eigenvalue weighted by molar-refractivity contribution is -0.144. The lowest BCUT2D eigenvalue weighted by atomic mass is 10.2. The summed E-state index contributed by atoms with van der Waals surface area (Å²) in [6.45, 7) is 3.45. The van der Waals surface area contributed by atoms with Gasteiger partial charge in [0.2, 0.25) is 0 Å². The highest BCUT2D eigenvalue weighted by molar-refractivity contribution is 6.44. The highest BCUT2D eigenvalue weighted by Gasteiger charge is 2.45. The summed E-state index contributed by atoms with van der Waals surface area (Å²) in [7, 11) is 0. The van der Waals surface area contributed by atoms with E-state index in [-0.39, 0.29) is 12.6 Å². The summed E-state index contributed by atoms with van der Waals surface area (Å²) >= 11 is 5.76. The first-order valence-electron chi connectivity index (χ1n) is 5.85. The van der Waals surface area contributed by atoms with Crippen molar-refractivity contribution in [1.29, 1.82) is 0 Å². The van der Waals surface area contributed by atoms with Gasteiger partial charge < -0.3 is 0 Å². The molecule has 0 N–H and O–H groups in total. The lowest BCUT2D eigenvalue weighted by Gasteiger charge is -2.18. The van der Waals surface area contributed by atoms with E-state index in [0.717, 1.165) is 15.4 Å². The number of nitrogens with zero attached hydrogens (tertiary/aromatic N) is 2. The van der Waals surface area contributed by atoms with Gasteiger partial charge in [0, 0.05) is 11.1 Å². The van der Waals surface area contributed by atoms with Crippen molar-refractivity contribution >= 4 is 29.4 Å². The van der Waals surface area contributed by atoms with Crippen molar-refractivity contribution in [2.75, 3.05) is 0 Å². The average Bonchev–Trinajstić information content (AvgIpc) is 2.56. The third kappa shape index (κ3) is 2.46. The Balaban J connectivity index is 2.21. The van der Waals surface area contributed by atoms with Crippen LogP contribution in [0.2, 0.25) is 5.02 Å². The van der Waals surface area contributed by atoms with E-state index in [2.05, 4.69) is 0 Å². The normalized spacial score (nSPS) is 15.9. The maximum absolute atomic E-state index is 12.0. The minimum Gasteiger partial charge on any atom is -0.263 e. The molecule has 0 spiro atoms. The van der Waals surface area contributed by atoms with E-state index in [4.69, 9.17) is 11.6 Å². The van der Waals surface area contributed by atoms with Crippen LogP contribution in [-0.4, -0.2) is 33.7 Å². The van der Waals surface area contributed by atoms with Crippen LogP contribution in [0.5, 0.6) is 0 Å². The van der Waals surface area contributed by atoms with Gasteiger partial charge in [-0.3, -0.25) is 19.4 Å². The molecule has 1 aliphatic rings. The third-order valence-electron chi connectivity index (χ3n) is 2.85. The van der Waals surface area contributed by atoms with Crippen LogP contribution < -0.4 is 0 Å². The quantitative estimate of drug-likeness (QED) is 0.629. The Morgan fingerprint density at radius 1 is 1.05 bits per heavy atom. The van der Waals surface area contributed by atoms with E-state index in [1.165, 1.54) is 0 Å². The Bertz CT molecular complexity index is 539. The topological polar surface area (TPSA) is 57.7 Å². The van der Waals surface area contributed by atoms with E-state index in [1.54, 1.807) is 38.1 Å². The van der Waals surface area contributed by atoms with Crippen LogP contribution in [0, 0.1) is 0 Å². The maximum atomic E-state index is 12.0. The molecule has 0 saturated carbocycles. The zero-order valence-corrected chi connectivity index (χ0v) is 11.3. The van der Waals surface area contributed by atoms with Gasteiger partial charge in [-0.05, 0) is 31.5 Å². The fourth-order valence-corrected chi connectivity index (χ4v) is 2.02. The van der Waals surface area contributed by atoms with Crippen molar-refractivity contribution in [2.24, 2.45) is 0 Å². The Morgan fingerprint density at radius 3 is 2.11 bits per heavy atom. The molecule has 100 valence electrons. The first-order valence-corrected chi connectivity index (χ1v) is 6.23. The molecule has 4 amide bonds. The van der Waals surface area contributed by atoms with Gasteiger partial charge in [-0.1, -0.05) is 23.7 Å². The molecular formula is C13H13ClN2O3. The van der Waals surface area contributed by atoms with Crippen molar-refractivity contribution in [3.05, 3.63) is 34.9 Å². The number of urea groups is 1. The Hall–Kier alpha value is -1.88. The van der Waals surface area contributed by atoms with E-state index in [1.807, 2.05) is 0 Å². The van der Waals surface area contributed by atoms with Crippen molar-refractivity contribution in [2.45, 2.75) is 26.4 Å². The summed E-state index contributed by atoms with van der Waals surface area (Å²) in [4.78, 5) is 37.4. The Morgan fingerprint density at radius 2 is 1.63 bits per heavy atom. The summed E-state index contributed by atoms with van der Waals surface area (Å²) in [5.74, 6) is -1.55. The number of amides is 4. The highest BCUT2D eigenvalue weighted by atomic mass is 35.5. The number of imide groups is 2. The average molecular weight is 281 g/mol. The number of carbonyl (C=O) groups excluding carboxylic acids is 3. The van der Waals surface area contributed by atoms with Crippen LogP contribution >= 0.6 is 11.6 Å². The lowest BCUT2D eigenvalue weighted by Crippen LogP contribution is -2.37. The second kappa shape index (κ2) is 5.01. The standard InChI is InChI=1S/C13H13ClN2O3/c1-8(2)16-12(18)11(17)15(13(16)19)7-9-3-5-10(14)6-4-9/h3-6,8H,7H2,1-2H3. The molecule has 1 aromatic carbocycles. The van der Waals surface area contributed by atoms with E-state index >= 15 is 0 Å². The van der Waals surface area contributed by atoms with Crippen molar-refractivity contribution < 1.29 is 14.4 Å². The summed E-state index contributed by atoms with van der Waals surface area (Å²) in [5.41, 5.74) is 0.740. The Labute approximate surface area is 115 Å². The van der Waals surface area contributed by atoms with E-state index < -0.39 is 17.8 Å². The van der Waals surface area contributed by atoms with Crippen molar-refractivity contribution in [3.63, 3.8) is 0 Å². The Kier molecular flexibility index (Phi) is 3.57. The molecule has 0 bridgehead atoms. The molecule has 1 heterocycles. The molecule has 0 unspecified atom stereocenters. The van der Waals surface area contributed by atoms with Crippen LogP contribution in [0.4, 0.5) is 4.79 Å². The van der Waals surface area contributed by atoms with Gasteiger partial charge in [0.15, 0.2) is 0 Å². The van der Waals surface area contributed by atoms with Gasteiger partial charge in [0.25, 0.3) is 0 Å². The fourth-order valence-electron chi connectivity index (χ4n) is 1.89. The SMILES string of the molecule is CC(C)N1C(=O)C(=O)N(Cc2ccc(Cl)cc2)C1=O. The molecule has 1 saturated heterocycles. The fraction of sp³-hybridized carbons (Fsp3) is 0.308. The van der Waals surface area contributed by atoms with Gasteiger partial charge in [0.1, 0.15) is 0 Å². The molecular weight excluding hydrogens is 268 g/mol. The molecule has 19 heavy (non-hydrogen) atoms. The van der Waals surface area contributed by atoms with Crippen LogP contribution in [0.25, 0.3) is 0 Å². The first kappa shape index (κ1) is 13.5. The number of hydrogen-bond donors (Lipinski definition) is 0. The zero-order chi connectivity index (χ0) is 14.2. The van der Waals surface area contributed by atoms with Crippen LogP contribution in [0.1, 0.15) is 19.4 Å². The maximum Gasteiger partial charge on any atom is 0.334 e. The molecule has 0 aliphatic carbocycles. The number of carbonyl (C=O) groups is 3. The second-order valence-corrected chi connectivity index (χ2v) is 5.01. The second-order valence-electron chi connectivity index (χ2n) is 4.57. The van der Waals surface area contributed by atoms with Gasteiger partial charge in [-0.2, -0.15) is 0 Å². The van der Waals surface area contributed by atoms with Gasteiger partial charge in [-0.15, -0.1) is 0 Å². The van der Waals surface area contributed by atoms with E-state index in [0.29, 0.717) is 5.02 Å². The summed E-state index contributed by atoms with van der Waals surface area (Å²) in [5, 5.41) is 0.572. The van der Waals surface area contributed by atoms with Crippen LogP contribution in [-0.2, 0) is 16.1 Å². The zero-order valence-electron chi connectivity index (χ0n) is 10.6. The molecule has 0 aromatic heterocycles. The minimum absolute atomic E-state index is 0.0732.